The van der Waals surface area contributed by atoms with Crippen LogP contribution in [0.3, 0.4) is 0 Å². The van der Waals surface area contributed by atoms with Crippen molar-refractivity contribution in [2.75, 3.05) is 10.6 Å². The summed E-state index contributed by atoms with van der Waals surface area (Å²) >= 11 is 0. The van der Waals surface area contributed by atoms with Crippen molar-refractivity contribution in [3.05, 3.63) is 59.4 Å². The van der Waals surface area contributed by atoms with Gasteiger partial charge in [-0.2, -0.15) is 23.3 Å². The van der Waals surface area contributed by atoms with E-state index in [2.05, 4.69) is 25.7 Å². The molecule has 0 saturated heterocycles. The Morgan fingerprint density at radius 3 is 2.62 bits per heavy atom. The van der Waals surface area contributed by atoms with Crippen molar-refractivity contribution in [2.45, 2.75) is 19.6 Å². The van der Waals surface area contributed by atoms with Gasteiger partial charge in [-0.25, -0.2) is 4.98 Å². The maximum atomic E-state index is 12.8. The largest absolute Gasteiger partial charge is 0.416 e. The van der Waals surface area contributed by atoms with E-state index >= 15 is 0 Å². The predicted octanol–water partition coefficient (Wildman–Crippen LogP) is 3.89. The number of anilines is 3. The molecule has 3 rings (SSSR count). The monoisotopic (exact) mass is 362 g/mol. The molecule has 0 radical (unpaired) electrons. The standard InChI is InChI=1S/C17H17F3N6/c1-11-8-14(24-16(23-11)25-15-6-7-22-26(15)2)21-10-12-4-3-5-13(9-12)17(18,19)20/h3-9H,10H2,1-2H3,(H2,21,23,24,25). The number of halogens is 3. The second kappa shape index (κ2) is 7.03. The Balaban J connectivity index is 1.73. The second-order valence-electron chi connectivity index (χ2n) is 5.73. The molecule has 0 aliphatic heterocycles. The summed E-state index contributed by atoms with van der Waals surface area (Å²) in [5.41, 5.74) is 0.558. The first-order valence-corrected chi connectivity index (χ1v) is 7.82. The van der Waals surface area contributed by atoms with E-state index < -0.39 is 11.7 Å². The summed E-state index contributed by atoms with van der Waals surface area (Å²) in [4.78, 5) is 8.64. The molecular weight excluding hydrogens is 345 g/mol. The van der Waals surface area contributed by atoms with E-state index in [9.17, 15) is 13.2 Å². The van der Waals surface area contributed by atoms with Crippen molar-refractivity contribution in [3.8, 4) is 0 Å². The number of hydrogen-bond donors (Lipinski definition) is 2. The lowest BCUT2D eigenvalue weighted by molar-refractivity contribution is -0.137. The van der Waals surface area contributed by atoms with Gasteiger partial charge in [-0.1, -0.05) is 12.1 Å². The van der Waals surface area contributed by atoms with Gasteiger partial charge in [0.15, 0.2) is 0 Å². The van der Waals surface area contributed by atoms with E-state index in [1.165, 1.54) is 6.07 Å². The molecule has 26 heavy (non-hydrogen) atoms. The Labute approximate surface area is 148 Å². The van der Waals surface area contributed by atoms with Crippen LogP contribution in [0.15, 0.2) is 42.6 Å². The predicted molar refractivity (Wildman–Crippen MR) is 92.0 cm³/mol. The first kappa shape index (κ1) is 17.7. The fourth-order valence-electron chi connectivity index (χ4n) is 2.38. The number of rotatable bonds is 5. The summed E-state index contributed by atoms with van der Waals surface area (Å²) in [5, 5.41) is 10.1. The zero-order valence-electron chi connectivity index (χ0n) is 14.2. The van der Waals surface area contributed by atoms with Crippen LogP contribution in [0.1, 0.15) is 16.8 Å². The van der Waals surface area contributed by atoms with E-state index in [1.54, 1.807) is 36.1 Å². The minimum Gasteiger partial charge on any atom is -0.366 e. The summed E-state index contributed by atoms with van der Waals surface area (Å²) in [6.45, 7) is 2.02. The Kier molecular flexibility index (Phi) is 4.79. The Morgan fingerprint density at radius 2 is 1.92 bits per heavy atom. The van der Waals surface area contributed by atoms with E-state index in [1.807, 2.05) is 6.92 Å². The molecule has 2 aromatic heterocycles. The molecule has 1 aromatic carbocycles. The van der Waals surface area contributed by atoms with Crippen molar-refractivity contribution in [3.63, 3.8) is 0 Å². The summed E-state index contributed by atoms with van der Waals surface area (Å²) in [7, 11) is 1.78. The molecule has 3 aromatic rings. The first-order chi connectivity index (χ1) is 12.3. The second-order valence-corrected chi connectivity index (χ2v) is 5.73. The summed E-state index contributed by atoms with van der Waals surface area (Å²) in [6.07, 6.45) is -2.72. The lowest BCUT2D eigenvalue weighted by Crippen LogP contribution is -2.09. The molecule has 0 bridgehead atoms. The Bertz CT molecular complexity index is 904. The Morgan fingerprint density at radius 1 is 1.12 bits per heavy atom. The van der Waals surface area contributed by atoms with Crippen LogP contribution in [0.25, 0.3) is 0 Å². The van der Waals surface area contributed by atoms with Gasteiger partial charge in [0.2, 0.25) is 5.95 Å². The van der Waals surface area contributed by atoms with Gasteiger partial charge in [0, 0.05) is 31.4 Å². The number of benzene rings is 1. The first-order valence-electron chi connectivity index (χ1n) is 7.82. The molecule has 0 aliphatic rings. The van der Waals surface area contributed by atoms with Crippen LogP contribution in [0.5, 0.6) is 0 Å². The molecule has 0 aliphatic carbocycles. The smallest absolute Gasteiger partial charge is 0.366 e. The van der Waals surface area contributed by atoms with E-state index in [4.69, 9.17) is 0 Å². The van der Waals surface area contributed by atoms with Crippen molar-refractivity contribution < 1.29 is 13.2 Å². The molecule has 0 unspecified atom stereocenters. The summed E-state index contributed by atoms with van der Waals surface area (Å²) in [5.74, 6) is 1.61. The lowest BCUT2D eigenvalue weighted by atomic mass is 10.1. The van der Waals surface area contributed by atoms with Crippen molar-refractivity contribution in [1.82, 2.24) is 19.7 Å². The number of nitrogens with zero attached hydrogens (tertiary/aromatic N) is 4. The SMILES string of the molecule is Cc1cc(NCc2cccc(C(F)(F)F)c2)nc(Nc2ccnn2C)n1. The van der Waals surface area contributed by atoms with E-state index in [0.29, 0.717) is 17.3 Å². The van der Waals surface area contributed by atoms with Crippen molar-refractivity contribution in [2.24, 2.45) is 7.05 Å². The van der Waals surface area contributed by atoms with Crippen molar-refractivity contribution in [1.29, 1.82) is 0 Å². The van der Waals surface area contributed by atoms with Crippen LogP contribution >= 0.6 is 0 Å². The quantitative estimate of drug-likeness (QED) is 0.721. The highest BCUT2D eigenvalue weighted by Gasteiger charge is 2.30. The number of aromatic nitrogens is 4. The van der Waals surface area contributed by atoms with Crippen LogP contribution in [0.2, 0.25) is 0 Å². The highest BCUT2D eigenvalue weighted by Crippen LogP contribution is 2.29. The molecule has 2 N–H and O–H groups in total. The van der Waals surface area contributed by atoms with Gasteiger partial charge >= 0.3 is 6.18 Å². The van der Waals surface area contributed by atoms with Crippen LogP contribution in [0.4, 0.5) is 30.8 Å². The van der Waals surface area contributed by atoms with Gasteiger partial charge in [-0.05, 0) is 24.6 Å². The topological polar surface area (TPSA) is 67.7 Å². The molecule has 136 valence electrons. The van der Waals surface area contributed by atoms with Crippen LogP contribution in [0, 0.1) is 6.92 Å². The molecule has 0 amide bonds. The van der Waals surface area contributed by atoms with Gasteiger partial charge in [-0.15, -0.1) is 0 Å². The fourth-order valence-corrected chi connectivity index (χ4v) is 2.38. The fraction of sp³-hybridized carbons (Fsp3) is 0.235. The molecule has 6 nitrogen and oxygen atoms in total. The van der Waals surface area contributed by atoms with Gasteiger partial charge in [0.1, 0.15) is 11.6 Å². The summed E-state index contributed by atoms with van der Waals surface area (Å²) < 4.78 is 40.0. The lowest BCUT2D eigenvalue weighted by Gasteiger charge is -2.11. The van der Waals surface area contributed by atoms with E-state index in [-0.39, 0.29) is 6.54 Å². The van der Waals surface area contributed by atoms with Crippen molar-refractivity contribution >= 4 is 17.6 Å². The molecular formula is C17H17F3N6. The molecule has 0 atom stereocenters. The third-order valence-corrected chi connectivity index (χ3v) is 3.64. The normalized spacial score (nSPS) is 11.4. The number of alkyl halides is 3. The van der Waals surface area contributed by atoms with Crippen LogP contribution < -0.4 is 10.6 Å². The van der Waals surface area contributed by atoms with Gasteiger partial charge in [-0.3, -0.25) is 4.68 Å². The number of nitrogens with one attached hydrogen (secondary N) is 2. The van der Waals surface area contributed by atoms with Gasteiger partial charge < -0.3 is 10.6 Å². The molecule has 0 fully saturated rings. The zero-order valence-corrected chi connectivity index (χ0v) is 14.2. The molecule has 0 saturated carbocycles. The summed E-state index contributed by atoms with van der Waals surface area (Å²) in [6, 6.07) is 8.69. The maximum Gasteiger partial charge on any atom is 0.416 e. The average molecular weight is 362 g/mol. The minimum absolute atomic E-state index is 0.214. The number of aryl methyl sites for hydroxylation is 2. The molecule has 9 heteroatoms. The Hall–Kier alpha value is -3.10. The van der Waals surface area contributed by atoms with E-state index in [0.717, 1.165) is 23.6 Å². The highest BCUT2D eigenvalue weighted by atomic mass is 19.4. The van der Waals surface area contributed by atoms with Crippen LogP contribution in [-0.2, 0) is 19.8 Å². The minimum atomic E-state index is -4.36. The molecule has 0 spiro atoms. The van der Waals surface area contributed by atoms with Crippen LogP contribution in [-0.4, -0.2) is 19.7 Å². The third-order valence-electron chi connectivity index (χ3n) is 3.64. The average Bonchev–Trinajstić information content (AvgIpc) is 2.97. The zero-order chi connectivity index (χ0) is 18.7. The maximum absolute atomic E-state index is 12.8. The third kappa shape index (κ3) is 4.29. The highest BCUT2D eigenvalue weighted by molar-refractivity contribution is 5.51. The van der Waals surface area contributed by atoms with Gasteiger partial charge in [0.25, 0.3) is 0 Å². The number of hydrogen-bond acceptors (Lipinski definition) is 5. The molecule has 2 heterocycles. The van der Waals surface area contributed by atoms with Gasteiger partial charge in [0.05, 0.1) is 11.8 Å².